The number of carbonyl (C=O) groups excluding carboxylic acids is 2. The van der Waals surface area contributed by atoms with Crippen molar-refractivity contribution in [1.82, 2.24) is 0 Å². The highest BCUT2D eigenvalue weighted by Gasteiger charge is 2.35. The zero-order valence-electron chi connectivity index (χ0n) is 18.8. The van der Waals surface area contributed by atoms with Crippen molar-refractivity contribution in [2.24, 2.45) is 5.92 Å². The molecule has 0 saturated heterocycles. The molecule has 1 heterocycles. The fourth-order valence-corrected chi connectivity index (χ4v) is 3.82. The van der Waals surface area contributed by atoms with Crippen molar-refractivity contribution in [2.45, 2.75) is 89.8 Å². The van der Waals surface area contributed by atoms with E-state index in [1.165, 1.54) is 25.5 Å². The van der Waals surface area contributed by atoms with E-state index in [1.54, 1.807) is 25.1 Å². The van der Waals surface area contributed by atoms with Gasteiger partial charge in [0, 0.05) is 5.69 Å². The predicted octanol–water partition coefficient (Wildman–Crippen LogP) is 5.96. The van der Waals surface area contributed by atoms with E-state index in [1.807, 2.05) is 18.2 Å². The van der Waals surface area contributed by atoms with E-state index in [9.17, 15) is 14.7 Å². The summed E-state index contributed by atoms with van der Waals surface area (Å²) < 4.78 is 10.5. The smallest absolute Gasteiger partial charge is 0.411 e. The van der Waals surface area contributed by atoms with Crippen LogP contribution in [-0.2, 0) is 14.3 Å². The van der Waals surface area contributed by atoms with Gasteiger partial charge < -0.3 is 14.6 Å². The summed E-state index contributed by atoms with van der Waals surface area (Å²) in [6.45, 7) is 3.93. The molecule has 1 aliphatic heterocycles. The second kappa shape index (κ2) is 13.2. The molecular formula is C25H37NO5. The van der Waals surface area contributed by atoms with Gasteiger partial charge in [-0.3, -0.25) is 10.1 Å². The van der Waals surface area contributed by atoms with Crippen LogP contribution in [0.5, 0.6) is 0 Å². The minimum Gasteiger partial charge on any atom is -0.443 e. The van der Waals surface area contributed by atoms with E-state index < -0.39 is 17.8 Å². The summed E-state index contributed by atoms with van der Waals surface area (Å²) in [5.41, 5.74) is -0.495. The highest BCUT2D eigenvalue weighted by Crippen LogP contribution is 2.28. The van der Waals surface area contributed by atoms with Crippen LogP contribution in [0.1, 0.15) is 78.1 Å². The maximum atomic E-state index is 12.5. The molecule has 0 bridgehead atoms. The van der Waals surface area contributed by atoms with Crippen molar-refractivity contribution in [3.05, 3.63) is 42.7 Å². The number of cyclic esters (lactones) is 1. The summed E-state index contributed by atoms with van der Waals surface area (Å²) in [5, 5.41) is 13.8. The highest BCUT2D eigenvalue weighted by molar-refractivity contribution is 5.84. The summed E-state index contributed by atoms with van der Waals surface area (Å²) in [4.78, 5) is 24.1. The average molecular weight is 432 g/mol. The lowest BCUT2D eigenvalue weighted by Gasteiger charge is -2.33. The van der Waals surface area contributed by atoms with Crippen molar-refractivity contribution in [3.8, 4) is 0 Å². The van der Waals surface area contributed by atoms with Crippen molar-refractivity contribution in [2.75, 3.05) is 5.32 Å². The van der Waals surface area contributed by atoms with Crippen molar-refractivity contribution < 1.29 is 24.2 Å². The van der Waals surface area contributed by atoms with Crippen molar-refractivity contribution in [1.29, 1.82) is 0 Å². The lowest BCUT2D eigenvalue weighted by Crippen LogP contribution is -2.43. The van der Waals surface area contributed by atoms with Crippen LogP contribution < -0.4 is 5.32 Å². The monoisotopic (exact) mass is 431 g/mol. The molecule has 6 nitrogen and oxygen atoms in total. The minimum atomic E-state index is -1.13. The molecule has 3 atom stereocenters. The third-order valence-corrected chi connectivity index (χ3v) is 5.78. The third-order valence-electron chi connectivity index (χ3n) is 5.78. The Hall–Kier alpha value is -2.34. The predicted molar refractivity (Wildman–Crippen MR) is 122 cm³/mol. The van der Waals surface area contributed by atoms with E-state index in [4.69, 9.17) is 9.47 Å². The van der Waals surface area contributed by atoms with Crippen LogP contribution >= 0.6 is 0 Å². The van der Waals surface area contributed by atoms with E-state index in [2.05, 4.69) is 12.2 Å². The number of hydrogen-bond acceptors (Lipinski definition) is 5. The fourth-order valence-electron chi connectivity index (χ4n) is 3.82. The Balaban J connectivity index is 1.90. The molecule has 0 radical (unpaired) electrons. The van der Waals surface area contributed by atoms with Crippen LogP contribution in [0.4, 0.5) is 10.5 Å². The Morgan fingerprint density at radius 1 is 1.16 bits per heavy atom. The molecule has 1 aliphatic rings. The lowest BCUT2D eigenvalue weighted by atomic mass is 9.88. The molecule has 0 spiro atoms. The standard InChI is InChI=1S/C25H37NO5/c1-3-4-5-6-7-11-18-25(2,29)22(16-12-13-20-17-19-30-23(20)27)31-24(28)26-21-14-9-8-10-15-21/h8-10,14-15,17,19-20,22,29H,3-7,11-13,16,18H2,1-2H3,(H,26,28). The first-order chi connectivity index (χ1) is 14.9. The Bertz CT molecular complexity index is 701. The molecule has 0 aromatic heterocycles. The summed E-state index contributed by atoms with van der Waals surface area (Å²) in [6, 6.07) is 9.09. The van der Waals surface area contributed by atoms with E-state index in [0.29, 0.717) is 31.4 Å². The summed E-state index contributed by atoms with van der Waals surface area (Å²) in [5.74, 6) is -0.513. The Morgan fingerprint density at radius 2 is 1.87 bits per heavy atom. The van der Waals surface area contributed by atoms with Gasteiger partial charge in [0.2, 0.25) is 0 Å². The molecular weight excluding hydrogens is 394 g/mol. The molecule has 6 heteroatoms. The van der Waals surface area contributed by atoms with Gasteiger partial charge in [0.05, 0.1) is 17.8 Å². The first-order valence-corrected chi connectivity index (χ1v) is 11.5. The van der Waals surface area contributed by atoms with E-state index >= 15 is 0 Å². The highest BCUT2D eigenvalue weighted by atomic mass is 16.6. The van der Waals surface area contributed by atoms with Crippen LogP contribution in [-0.4, -0.2) is 28.9 Å². The van der Waals surface area contributed by atoms with Gasteiger partial charge in [-0.05, 0) is 50.8 Å². The number of carbonyl (C=O) groups is 2. The Morgan fingerprint density at radius 3 is 2.55 bits per heavy atom. The molecule has 1 aromatic carbocycles. The quantitative estimate of drug-likeness (QED) is 0.280. The number of hydrogen-bond donors (Lipinski definition) is 2. The van der Waals surface area contributed by atoms with E-state index in [0.717, 1.165) is 19.3 Å². The molecule has 3 unspecified atom stereocenters. The first-order valence-electron chi connectivity index (χ1n) is 11.5. The lowest BCUT2D eigenvalue weighted by molar-refractivity contribution is -0.139. The number of unbranched alkanes of at least 4 members (excludes halogenated alkanes) is 5. The summed E-state index contributed by atoms with van der Waals surface area (Å²) >= 11 is 0. The second-order valence-corrected chi connectivity index (χ2v) is 8.56. The topological polar surface area (TPSA) is 84.9 Å². The number of ether oxygens (including phenoxy) is 2. The van der Waals surface area contributed by atoms with Gasteiger partial charge >= 0.3 is 12.1 Å². The molecule has 2 N–H and O–H groups in total. The molecule has 0 saturated carbocycles. The normalized spacial score (nSPS) is 18.3. The number of anilines is 1. The van der Waals surface area contributed by atoms with Gasteiger partial charge in [-0.1, -0.05) is 63.6 Å². The zero-order valence-corrected chi connectivity index (χ0v) is 18.8. The number of benzene rings is 1. The fraction of sp³-hybridized carbons (Fsp3) is 0.600. The van der Waals surface area contributed by atoms with Gasteiger partial charge in [-0.2, -0.15) is 0 Å². The van der Waals surface area contributed by atoms with Crippen LogP contribution in [0.25, 0.3) is 0 Å². The number of rotatable bonds is 14. The molecule has 2 rings (SSSR count). The number of aliphatic hydroxyl groups is 1. The molecule has 1 aromatic rings. The molecule has 172 valence electrons. The Kier molecular flexibility index (Phi) is 10.6. The maximum Gasteiger partial charge on any atom is 0.411 e. The largest absolute Gasteiger partial charge is 0.443 e. The van der Waals surface area contributed by atoms with Crippen molar-refractivity contribution in [3.63, 3.8) is 0 Å². The van der Waals surface area contributed by atoms with Gasteiger partial charge in [-0.25, -0.2) is 4.79 Å². The van der Waals surface area contributed by atoms with Crippen LogP contribution in [0, 0.1) is 5.92 Å². The first kappa shape index (κ1) is 24.9. The van der Waals surface area contributed by atoms with E-state index in [-0.39, 0.29) is 11.9 Å². The van der Waals surface area contributed by atoms with Crippen LogP contribution in [0.2, 0.25) is 0 Å². The SMILES string of the molecule is CCCCCCCCC(C)(O)C(CCCC1C=COC1=O)OC(=O)Nc1ccccc1. The van der Waals surface area contributed by atoms with Crippen LogP contribution in [0.3, 0.4) is 0 Å². The number of esters is 1. The maximum absolute atomic E-state index is 12.5. The minimum absolute atomic E-state index is 0.252. The zero-order chi connectivity index (χ0) is 22.5. The molecule has 31 heavy (non-hydrogen) atoms. The number of nitrogens with one attached hydrogen (secondary N) is 1. The molecule has 0 aliphatic carbocycles. The molecule has 0 fully saturated rings. The van der Waals surface area contributed by atoms with Crippen molar-refractivity contribution >= 4 is 17.7 Å². The van der Waals surface area contributed by atoms with Crippen LogP contribution in [0.15, 0.2) is 42.7 Å². The summed E-state index contributed by atoms with van der Waals surface area (Å²) in [7, 11) is 0. The van der Waals surface area contributed by atoms with Gasteiger partial charge in [0.15, 0.2) is 0 Å². The second-order valence-electron chi connectivity index (χ2n) is 8.56. The van der Waals surface area contributed by atoms with Gasteiger partial charge in [0.25, 0.3) is 0 Å². The third kappa shape index (κ3) is 9.13. The average Bonchev–Trinajstić information content (AvgIpc) is 3.15. The van der Waals surface area contributed by atoms with Gasteiger partial charge in [0.1, 0.15) is 6.10 Å². The van der Waals surface area contributed by atoms with Gasteiger partial charge in [-0.15, -0.1) is 0 Å². The Labute approximate surface area is 186 Å². The number of amides is 1. The number of para-hydroxylation sites is 1. The summed E-state index contributed by atoms with van der Waals surface area (Å²) in [6.07, 6.45) is 10.9. The molecule has 1 amide bonds.